The zero-order valence-corrected chi connectivity index (χ0v) is 42.1. The molecule has 0 bridgehead atoms. The van der Waals surface area contributed by atoms with E-state index in [0.717, 1.165) is 31.4 Å². The standard InChI is InChI=1S/C44H82O8S6/c1-7-9-11-13-15-17-19-21-23-25-35-55-43(53)57-37(3)27-28-41(45)51-33-31-49-39(5)47-29-30-48-40(6)50-32-34-52-42(46)38(4)58-44(54)56-36-26-24-22-20-18-16-14-12-10-8-2/h37-40H,7-36H2,1-6H3. The number of hydrogen-bond acceptors (Lipinski definition) is 14. The highest BCUT2D eigenvalue weighted by Gasteiger charge is 2.18. The molecule has 4 atom stereocenters. The predicted octanol–water partition coefficient (Wildman–Crippen LogP) is 13.7. The Morgan fingerprint density at radius 2 is 0.845 bits per heavy atom. The Balaban J connectivity index is 3.70. The lowest BCUT2D eigenvalue weighted by Crippen LogP contribution is -2.24. The van der Waals surface area contributed by atoms with E-state index in [4.69, 9.17) is 52.9 Å². The molecule has 0 aromatic heterocycles. The van der Waals surface area contributed by atoms with Crippen molar-refractivity contribution in [3.05, 3.63) is 0 Å². The van der Waals surface area contributed by atoms with Crippen molar-refractivity contribution in [2.45, 2.75) is 206 Å². The third-order valence-electron chi connectivity index (χ3n) is 9.26. The molecule has 0 N–H and O–H groups in total. The Hall–Kier alpha value is 0.360. The van der Waals surface area contributed by atoms with Crippen LogP contribution in [0.15, 0.2) is 0 Å². The van der Waals surface area contributed by atoms with E-state index < -0.39 is 12.6 Å². The Kier molecular flexibility index (Phi) is 44.3. The lowest BCUT2D eigenvalue weighted by Gasteiger charge is -2.17. The second-order valence-electron chi connectivity index (χ2n) is 14.8. The van der Waals surface area contributed by atoms with Crippen LogP contribution in [0.4, 0.5) is 0 Å². The summed E-state index contributed by atoms with van der Waals surface area (Å²) in [7, 11) is 0. The van der Waals surface area contributed by atoms with Gasteiger partial charge in [0.2, 0.25) is 0 Å². The van der Waals surface area contributed by atoms with E-state index in [1.165, 1.54) is 134 Å². The van der Waals surface area contributed by atoms with Crippen molar-refractivity contribution in [3.8, 4) is 0 Å². The molecule has 4 unspecified atom stereocenters. The molecule has 0 aliphatic heterocycles. The molecule has 0 radical (unpaired) electrons. The van der Waals surface area contributed by atoms with E-state index in [-0.39, 0.29) is 48.9 Å². The van der Waals surface area contributed by atoms with Gasteiger partial charge in [0.25, 0.3) is 0 Å². The normalized spacial score (nSPS) is 13.6. The summed E-state index contributed by atoms with van der Waals surface area (Å²) in [6.07, 6.45) is 26.7. The summed E-state index contributed by atoms with van der Waals surface area (Å²) in [5, 5.41) is -0.0842. The van der Waals surface area contributed by atoms with Gasteiger partial charge < -0.3 is 28.4 Å². The largest absolute Gasteiger partial charge is 0.463 e. The molecule has 58 heavy (non-hydrogen) atoms. The van der Waals surface area contributed by atoms with Crippen molar-refractivity contribution in [1.29, 1.82) is 0 Å². The van der Waals surface area contributed by atoms with Crippen LogP contribution in [-0.4, -0.2) is 93.2 Å². The van der Waals surface area contributed by atoms with E-state index in [1.54, 1.807) is 49.1 Å². The first kappa shape index (κ1) is 58.4. The first-order chi connectivity index (χ1) is 28.1. The van der Waals surface area contributed by atoms with Gasteiger partial charge in [-0.1, -0.05) is 173 Å². The number of thiocarbonyl (C=S) groups is 2. The summed E-state index contributed by atoms with van der Waals surface area (Å²) >= 11 is 17.5. The van der Waals surface area contributed by atoms with Gasteiger partial charge in [-0.15, -0.1) is 35.3 Å². The molecule has 0 aliphatic rings. The van der Waals surface area contributed by atoms with Gasteiger partial charge in [0.05, 0.1) is 26.4 Å². The third-order valence-corrected chi connectivity index (χ3v) is 14.9. The van der Waals surface area contributed by atoms with Crippen molar-refractivity contribution in [1.82, 2.24) is 0 Å². The average Bonchev–Trinajstić information content (AvgIpc) is 3.20. The van der Waals surface area contributed by atoms with Crippen LogP contribution < -0.4 is 0 Å². The van der Waals surface area contributed by atoms with Gasteiger partial charge in [-0.2, -0.15) is 0 Å². The van der Waals surface area contributed by atoms with E-state index in [0.29, 0.717) is 19.6 Å². The van der Waals surface area contributed by atoms with Gasteiger partial charge in [0, 0.05) is 11.7 Å². The Labute approximate surface area is 383 Å². The predicted molar refractivity (Wildman–Crippen MR) is 262 cm³/mol. The second-order valence-corrected chi connectivity index (χ2v) is 22.2. The number of unbranched alkanes of at least 4 members (excludes halogenated alkanes) is 18. The van der Waals surface area contributed by atoms with Crippen LogP contribution in [0.25, 0.3) is 0 Å². The zero-order valence-electron chi connectivity index (χ0n) is 37.2. The van der Waals surface area contributed by atoms with Crippen LogP contribution >= 0.6 is 71.5 Å². The minimum atomic E-state index is -0.482. The minimum absolute atomic E-state index is 0.145. The Morgan fingerprint density at radius 3 is 1.28 bits per heavy atom. The summed E-state index contributed by atoms with van der Waals surface area (Å²) in [6.45, 7) is 13.4. The summed E-state index contributed by atoms with van der Waals surface area (Å²) < 4.78 is 34.9. The van der Waals surface area contributed by atoms with Crippen molar-refractivity contribution < 1.29 is 38.0 Å². The van der Waals surface area contributed by atoms with Crippen LogP contribution in [0, 0.1) is 0 Å². The van der Waals surface area contributed by atoms with E-state index >= 15 is 0 Å². The van der Waals surface area contributed by atoms with E-state index in [9.17, 15) is 9.59 Å². The molecule has 0 aromatic rings. The fourth-order valence-electron chi connectivity index (χ4n) is 5.73. The molecule has 0 saturated heterocycles. The lowest BCUT2D eigenvalue weighted by atomic mass is 10.1. The third kappa shape index (κ3) is 41.7. The number of carbonyl (C=O) groups is 2. The maximum Gasteiger partial charge on any atom is 0.319 e. The van der Waals surface area contributed by atoms with Gasteiger partial charge in [0.15, 0.2) is 12.6 Å². The molecule has 0 fully saturated rings. The van der Waals surface area contributed by atoms with Crippen LogP contribution in [-0.2, 0) is 38.0 Å². The van der Waals surface area contributed by atoms with Crippen LogP contribution in [0.3, 0.4) is 0 Å². The Morgan fingerprint density at radius 1 is 0.483 bits per heavy atom. The Bertz CT molecular complexity index is 994. The molecule has 0 saturated carbocycles. The maximum absolute atomic E-state index is 12.4. The fourth-order valence-corrected chi connectivity index (χ4v) is 11.2. The summed E-state index contributed by atoms with van der Waals surface area (Å²) in [4.78, 5) is 24.6. The van der Waals surface area contributed by atoms with Gasteiger partial charge in [-0.05, 0) is 51.5 Å². The first-order valence-electron chi connectivity index (χ1n) is 22.5. The van der Waals surface area contributed by atoms with Crippen molar-refractivity contribution in [2.75, 3.05) is 51.1 Å². The van der Waals surface area contributed by atoms with Crippen LogP contribution in [0.5, 0.6) is 0 Å². The van der Waals surface area contributed by atoms with Crippen LogP contribution in [0.2, 0.25) is 0 Å². The van der Waals surface area contributed by atoms with E-state index in [2.05, 4.69) is 20.8 Å². The van der Waals surface area contributed by atoms with Gasteiger partial charge in [-0.3, -0.25) is 9.59 Å². The number of thioether (sulfide) groups is 4. The lowest BCUT2D eigenvalue weighted by molar-refractivity contribution is -0.179. The number of esters is 2. The van der Waals surface area contributed by atoms with Gasteiger partial charge in [-0.25, -0.2) is 0 Å². The SMILES string of the molecule is CCCCCCCCCCCCSC(=S)SC(C)CCC(=O)OCCOC(C)OCCOC(C)OCCOC(=O)C(C)SC(=S)SCCCCCCCCCCCC. The van der Waals surface area contributed by atoms with Crippen molar-refractivity contribution in [2.24, 2.45) is 0 Å². The fraction of sp³-hybridized carbons (Fsp3) is 0.909. The molecule has 0 rings (SSSR count). The van der Waals surface area contributed by atoms with E-state index in [1.807, 2.05) is 6.92 Å². The summed E-state index contributed by atoms with van der Waals surface area (Å²) in [6, 6.07) is 0. The molecule has 0 aliphatic carbocycles. The number of ether oxygens (including phenoxy) is 6. The highest BCUT2D eigenvalue weighted by Crippen LogP contribution is 2.26. The van der Waals surface area contributed by atoms with Crippen LogP contribution in [0.1, 0.15) is 183 Å². The zero-order chi connectivity index (χ0) is 42.9. The highest BCUT2D eigenvalue weighted by molar-refractivity contribution is 8.47. The molecular weight excluding hydrogens is 849 g/mol. The van der Waals surface area contributed by atoms with Gasteiger partial charge in [0.1, 0.15) is 25.5 Å². The number of rotatable bonds is 41. The molecule has 8 nitrogen and oxygen atoms in total. The van der Waals surface area contributed by atoms with Crippen molar-refractivity contribution in [3.63, 3.8) is 0 Å². The number of carbonyl (C=O) groups excluding carboxylic acids is 2. The first-order valence-corrected chi connectivity index (χ1v) is 27.1. The average molecular weight is 932 g/mol. The minimum Gasteiger partial charge on any atom is -0.463 e. The molecular formula is C44H82O8S6. The smallest absolute Gasteiger partial charge is 0.319 e. The highest BCUT2D eigenvalue weighted by atomic mass is 32.2. The number of hydrogen-bond donors (Lipinski definition) is 0. The molecule has 14 heteroatoms. The van der Waals surface area contributed by atoms with Gasteiger partial charge >= 0.3 is 11.9 Å². The van der Waals surface area contributed by atoms with Crippen molar-refractivity contribution >= 4 is 90.5 Å². The summed E-state index contributed by atoms with van der Waals surface area (Å²) in [5.41, 5.74) is 0. The molecule has 342 valence electrons. The quantitative estimate of drug-likeness (QED) is 0.0252. The molecule has 0 spiro atoms. The molecule has 0 aromatic carbocycles. The topological polar surface area (TPSA) is 89.5 Å². The monoisotopic (exact) mass is 930 g/mol. The maximum atomic E-state index is 12.4. The molecule has 0 amide bonds. The summed E-state index contributed by atoms with van der Waals surface area (Å²) in [5.74, 6) is 1.55. The molecule has 0 heterocycles. The second kappa shape index (κ2) is 44.0.